The van der Waals surface area contributed by atoms with E-state index in [-0.39, 0.29) is 5.69 Å². The second-order valence-corrected chi connectivity index (χ2v) is 5.61. The number of benzene rings is 1. The maximum absolute atomic E-state index is 11.2. The molecule has 1 fully saturated rings. The van der Waals surface area contributed by atoms with Crippen molar-refractivity contribution in [3.8, 4) is 0 Å². The molecule has 0 bridgehead atoms. The molecule has 0 spiro atoms. The minimum atomic E-state index is -0.992. The molecule has 3 rings (SSSR count). The maximum atomic E-state index is 11.2. The van der Waals surface area contributed by atoms with Gasteiger partial charge in [0.1, 0.15) is 5.82 Å². The van der Waals surface area contributed by atoms with Crippen LogP contribution in [0.3, 0.4) is 0 Å². The molecule has 1 aromatic heterocycles. The molecule has 1 atom stereocenters. The van der Waals surface area contributed by atoms with Gasteiger partial charge in [0.05, 0.1) is 0 Å². The Bertz CT molecular complexity index is 650. The van der Waals surface area contributed by atoms with E-state index in [0.29, 0.717) is 11.9 Å². The second kappa shape index (κ2) is 5.12. The lowest BCUT2D eigenvalue weighted by Gasteiger charge is -2.16. The molecule has 0 radical (unpaired) electrons. The maximum Gasteiger partial charge on any atom is 0.354 e. The number of carboxylic acid groups (broad SMARTS) is 1. The van der Waals surface area contributed by atoms with Crippen molar-refractivity contribution in [3.63, 3.8) is 0 Å². The van der Waals surface area contributed by atoms with E-state index in [2.05, 4.69) is 17.2 Å². The Morgan fingerprint density at radius 2 is 2.20 bits per heavy atom. The van der Waals surface area contributed by atoms with Crippen LogP contribution in [0.1, 0.15) is 36.7 Å². The predicted molar refractivity (Wildman–Crippen MR) is 79.1 cm³/mol. The summed E-state index contributed by atoms with van der Waals surface area (Å²) in [4.78, 5) is 15.4. The lowest BCUT2D eigenvalue weighted by molar-refractivity contribution is 0.0691. The average Bonchev–Trinajstić information content (AvgIpc) is 3.22. The zero-order valence-corrected chi connectivity index (χ0v) is 11.5. The third kappa shape index (κ3) is 2.74. The van der Waals surface area contributed by atoms with Crippen LogP contribution < -0.4 is 5.32 Å². The monoisotopic (exact) mass is 270 g/mol. The van der Waals surface area contributed by atoms with Crippen LogP contribution in [0.2, 0.25) is 0 Å². The minimum absolute atomic E-state index is 0.0878. The Morgan fingerprint density at radius 3 is 2.90 bits per heavy atom. The summed E-state index contributed by atoms with van der Waals surface area (Å²) in [5.74, 6) is 0.508. The smallest absolute Gasteiger partial charge is 0.354 e. The molecule has 20 heavy (non-hydrogen) atoms. The molecule has 1 aliphatic carbocycles. The molecule has 104 valence electrons. The molecule has 4 nitrogen and oxygen atoms in total. The van der Waals surface area contributed by atoms with Gasteiger partial charge in [-0.25, -0.2) is 9.78 Å². The van der Waals surface area contributed by atoms with E-state index in [1.165, 1.54) is 12.8 Å². The Hall–Kier alpha value is -2.10. The van der Waals surface area contributed by atoms with Crippen LogP contribution in [0.5, 0.6) is 0 Å². The average molecular weight is 270 g/mol. The largest absolute Gasteiger partial charge is 0.477 e. The van der Waals surface area contributed by atoms with Gasteiger partial charge < -0.3 is 10.4 Å². The Balaban J connectivity index is 1.95. The third-order valence-corrected chi connectivity index (χ3v) is 3.73. The van der Waals surface area contributed by atoms with E-state index >= 15 is 0 Å². The number of aromatic nitrogens is 1. The highest BCUT2D eigenvalue weighted by Gasteiger charge is 2.24. The predicted octanol–water partition coefficient (Wildman–Crippen LogP) is 3.53. The second-order valence-electron chi connectivity index (χ2n) is 5.61. The van der Waals surface area contributed by atoms with E-state index < -0.39 is 5.97 Å². The number of carboxylic acids is 1. The van der Waals surface area contributed by atoms with Gasteiger partial charge in [-0.1, -0.05) is 37.1 Å². The Labute approximate surface area is 117 Å². The number of fused-ring (bicyclic) bond motifs is 1. The van der Waals surface area contributed by atoms with Crippen molar-refractivity contribution in [1.82, 2.24) is 4.98 Å². The summed E-state index contributed by atoms with van der Waals surface area (Å²) < 4.78 is 0. The van der Waals surface area contributed by atoms with E-state index in [4.69, 9.17) is 5.11 Å². The lowest BCUT2D eigenvalue weighted by atomic mass is 10.1. The Morgan fingerprint density at radius 1 is 1.45 bits per heavy atom. The van der Waals surface area contributed by atoms with Crippen molar-refractivity contribution in [2.45, 2.75) is 32.2 Å². The number of anilines is 1. The fraction of sp³-hybridized carbons (Fsp3) is 0.375. The molecule has 1 unspecified atom stereocenters. The van der Waals surface area contributed by atoms with Crippen LogP contribution in [0.15, 0.2) is 30.3 Å². The summed E-state index contributed by atoms with van der Waals surface area (Å²) in [6, 6.07) is 9.67. The molecule has 0 saturated heterocycles. The van der Waals surface area contributed by atoms with Crippen LogP contribution in [0.25, 0.3) is 10.8 Å². The molecule has 1 saturated carbocycles. The molecule has 1 heterocycles. The van der Waals surface area contributed by atoms with Crippen LogP contribution in [0.4, 0.5) is 5.82 Å². The summed E-state index contributed by atoms with van der Waals surface area (Å²) in [7, 11) is 0. The number of nitrogens with zero attached hydrogens (tertiary/aromatic N) is 1. The topological polar surface area (TPSA) is 62.2 Å². The summed E-state index contributed by atoms with van der Waals surface area (Å²) >= 11 is 0. The third-order valence-electron chi connectivity index (χ3n) is 3.73. The van der Waals surface area contributed by atoms with Crippen LogP contribution in [-0.4, -0.2) is 22.1 Å². The van der Waals surface area contributed by atoms with Crippen LogP contribution in [0, 0.1) is 5.92 Å². The number of hydrogen-bond donors (Lipinski definition) is 2. The highest BCUT2D eigenvalue weighted by Crippen LogP contribution is 2.34. The van der Waals surface area contributed by atoms with Gasteiger partial charge >= 0.3 is 5.97 Å². The Kier molecular flexibility index (Phi) is 3.30. The van der Waals surface area contributed by atoms with Gasteiger partial charge in [0.25, 0.3) is 0 Å². The van der Waals surface area contributed by atoms with E-state index in [9.17, 15) is 4.79 Å². The molecule has 2 aromatic rings. The SMILES string of the molecule is CC(CC1CC1)Nc1nc(C(=O)O)cc2ccccc12. The number of aromatic carboxylic acids is 1. The minimum Gasteiger partial charge on any atom is -0.477 e. The highest BCUT2D eigenvalue weighted by atomic mass is 16.4. The van der Waals surface area contributed by atoms with Gasteiger partial charge in [-0.3, -0.25) is 0 Å². The van der Waals surface area contributed by atoms with Crippen molar-refractivity contribution in [2.75, 3.05) is 5.32 Å². The number of nitrogens with one attached hydrogen (secondary N) is 1. The van der Waals surface area contributed by atoms with E-state index in [0.717, 1.165) is 23.1 Å². The van der Waals surface area contributed by atoms with Gasteiger partial charge in [-0.2, -0.15) is 0 Å². The fourth-order valence-corrected chi connectivity index (χ4v) is 2.56. The molecule has 1 aromatic carbocycles. The van der Waals surface area contributed by atoms with Crippen LogP contribution in [-0.2, 0) is 0 Å². The highest BCUT2D eigenvalue weighted by molar-refractivity contribution is 5.97. The van der Waals surface area contributed by atoms with Crippen molar-refractivity contribution >= 4 is 22.6 Å². The molecule has 4 heteroatoms. The number of rotatable bonds is 5. The first-order valence-electron chi connectivity index (χ1n) is 7.03. The summed E-state index contributed by atoms with van der Waals surface area (Å²) in [5, 5.41) is 14.4. The van der Waals surface area contributed by atoms with Crippen molar-refractivity contribution < 1.29 is 9.90 Å². The first kappa shape index (κ1) is 12.9. The number of pyridine rings is 1. The molecule has 0 aliphatic heterocycles. The standard InChI is InChI=1S/C16H18N2O2/c1-10(8-11-6-7-11)17-15-13-5-3-2-4-12(13)9-14(18-15)16(19)20/h2-5,9-11H,6-8H2,1H3,(H,17,18)(H,19,20). The van der Waals surface area contributed by atoms with Gasteiger partial charge in [-0.15, -0.1) is 0 Å². The summed E-state index contributed by atoms with van der Waals surface area (Å²) in [6.45, 7) is 2.13. The quantitative estimate of drug-likeness (QED) is 0.872. The fourth-order valence-electron chi connectivity index (χ4n) is 2.56. The normalized spacial score (nSPS) is 16.1. The van der Waals surface area contributed by atoms with Gasteiger partial charge in [0.15, 0.2) is 5.69 Å². The number of carbonyl (C=O) groups is 1. The molecule has 1 aliphatic rings. The molecule has 2 N–H and O–H groups in total. The number of hydrogen-bond acceptors (Lipinski definition) is 3. The zero-order valence-electron chi connectivity index (χ0n) is 11.5. The molecular weight excluding hydrogens is 252 g/mol. The van der Waals surface area contributed by atoms with Gasteiger partial charge in [0.2, 0.25) is 0 Å². The summed E-state index contributed by atoms with van der Waals surface area (Å²) in [6.07, 6.45) is 3.75. The van der Waals surface area contributed by atoms with Crippen molar-refractivity contribution in [2.24, 2.45) is 5.92 Å². The van der Waals surface area contributed by atoms with Gasteiger partial charge in [-0.05, 0) is 30.7 Å². The van der Waals surface area contributed by atoms with Crippen molar-refractivity contribution in [1.29, 1.82) is 0 Å². The zero-order chi connectivity index (χ0) is 14.1. The van der Waals surface area contributed by atoms with Gasteiger partial charge in [0, 0.05) is 11.4 Å². The van der Waals surface area contributed by atoms with E-state index in [1.54, 1.807) is 6.07 Å². The first-order chi connectivity index (χ1) is 9.63. The lowest BCUT2D eigenvalue weighted by Crippen LogP contribution is -2.18. The molecule has 0 amide bonds. The van der Waals surface area contributed by atoms with Crippen LogP contribution >= 0.6 is 0 Å². The van der Waals surface area contributed by atoms with Crippen molar-refractivity contribution in [3.05, 3.63) is 36.0 Å². The first-order valence-corrected chi connectivity index (χ1v) is 7.03. The summed E-state index contributed by atoms with van der Waals surface area (Å²) in [5.41, 5.74) is 0.0878. The van der Waals surface area contributed by atoms with E-state index in [1.807, 2.05) is 24.3 Å². The molecular formula is C16H18N2O2.